The molecule has 3 aromatic carbocycles. The molecule has 0 aliphatic carbocycles. The van der Waals surface area contributed by atoms with Crippen molar-refractivity contribution in [3.8, 4) is 5.75 Å². The molecule has 0 aromatic heterocycles. The number of carbonyl (C=O) groups excluding carboxylic acids is 2. The number of amides is 2. The third-order valence-corrected chi connectivity index (χ3v) is 5.61. The van der Waals surface area contributed by atoms with Crippen molar-refractivity contribution in [1.82, 2.24) is 0 Å². The summed E-state index contributed by atoms with van der Waals surface area (Å²) >= 11 is 0. The highest BCUT2D eigenvalue weighted by Gasteiger charge is 2.40. The van der Waals surface area contributed by atoms with Gasteiger partial charge in [-0.05, 0) is 81.1 Å². The smallest absolute Gasteiger partial charge is 0.282 e. The number of hydrogen-bond donors (Lipinski definition) is 1. The van der Waals surface area contributed by atoms with Crippen molar-refractivity contribution in [1.29, 1.82) is 0 Å². The first-order valence-corrected chi connectivity index (χ1v) is 11.1. The molecule has 0 saturated heterocycles. The van der Waals surface area contributed by atoms with Gasteiger partial charge in [-0.1, -0.05) is 35.9 Å². The van der Waals surface area contributed by atoms with Crippen LogP contribution in [0.1, 0.15) is 34.7 Å². The maximum atomic E-state index is 13.7. The Kier molecular flexibility index (Phi) is 6.05. The lowest BCUT2D eigenvalue weighted by Gasteiger charge is -2.17. The molecule has 33 heavy (non-hydrogen) atoms. The molecule has 0 saturated carbocycles. The molecular weight excluding hydrogens is 412 g/mol. The predicted octanol–water partition coefficient (Wildman–Crippen LogP) is 5.72. The maximum Gasteiger partial charge on any atom is 0.282 e. The minimum absolute atomic E-state index is 0.264. The normalized spacial score (nSPS) is 13.7. The zero-order valence-electron chi connectivity index (χ0n) is 19.7. The number of nitrogens with one attached hydrogen (secondary N) is 1. The van der Waals surface area contributed by atoms with Gasteiger partial charge in [0.15, 0.2) is 0 Å². The van der Waals surface area contributed by atoms with E-state index in [-0.39, 0.29) is 17.5 Å². The molecule has 0 spiro atoms. The van der Waals surface area contributed by atoms with E-state index >= 15 is 0 Å². The number of rotatable bonds is 6. The quantitative estimate of drug-likeness (QED) is 0.499. The molecule has 0 fully saturated rings. The van der Waals surface area contributed by atoms with Gasteiger partial charge in [0.2, 0.25) is 0 Å². The van der Waals surface area contributed by atoms with Gasteiger partial charge in [-0.3, -0.25) is 9.59 Å². The largest absolute Gasteiger partial charge is 0.494 e. The van der Waals surface area contributed by atoms with Gasteiger partial charge >= 0.3 is 0 Å². The van der Waals surface area contributed by atoms with Crippen molar-refractivity contribution in [2.75, 3.05) is 16.8 Å². The number of aryl methyl sites for hydroxylation is 4. The molecule has 1 heterocycles. The van der Waals surface area contributed by atoms with Gasteiger partial charge in [0.1, 0.15) is 11.4 Å². The molecule has 3 aromatic rings. The highest BCUT2D eigenvalue weighted by molar-refractivity contribution is 6.46. The van der Waals surface area contributed by atoms with Crippen LogP contribution in [0.4, 0.5) is 11.4 Å². The van der Waals surface area contributed by atoms with Gasteiger partial charge in [0.05, 0.1) is 17.9 Å². The number of benzene rings is 3. The van der Waals surface area contributed by atoms with Crippen molar-refractivity contribution >= 4 is 28.8 Å². The Hall–Kier alpha value is -3.86. The summed E-state index contributed by atoms with van der Waals surface area (Å²) in [5.41, 5.74) is 6.65. The highest BCUT2D eigenvalue weighted by Crippen LogP contribution is 2.36. The second-order valence-corrected chi connectivity index (χ2v) is 8.45. The lowest BCUT2D eigenvalue weighted by Crippen LogP contribution is -2.32. The summed E-state index contributed by atoms with van der Waals surface area (Å²) in [6.45, 7) is 10.3. The van der Waals surface area contributed by atoms with E-state index in [0.29, 0.717) is 29.3 Å². The summed E-state index contributed by atoms with van der Waals surface area (Å²) in [6.07, 6.45) is 0. The van der Waals surface area contributed by atoms with E-state index in [1.807, 2.05) is 95.3 Å². The monoisotopic (exact) mass is 440 g/mol. The van der Waals surface area contributed by atoms with Crippen LogP contribution in [-0.4, -0.2) is 18.4 Å². The zero-order chi connectivity index (χ0) is 23.7. The van der Waals surface area contributed by atoms with Gasteiger partial charge in [-0.25, -0.2) is 4.90 Å². The van der Waals surface area contributed by atoms with E-state index in [1.54, 1.807) is 0 Å². The molecule has 0 radical (unpaired) electrons. The van der Waals surface area contributed by atoms with E-state index in [9.17, 15) is 9.59 Å². The third kappa shape index (κ3) is 4.40. The van der Waals surface area contributed by atoms with E-state index in [0.717, 1.165) is 27.8 Å². The van der Waals surface area contributed by atoms with E-state index in [1.165, 1.54) is 4.90 Å². The van der Waals surface area contributed by atoms with Crippen LogP contribution in [0.3, 0.4) is 0 Å². The minimum Gasteiger partial charge on any atom is -0.494 e. The molecule has 1 N–H and O–H groups in total. The van der Waals surface area contributed by atoms with E-state index in [2.05, 4.69) is 5.32 Å². The SMILES string of the molecule is CCOc1cccc(NC2=C(c3ccc(C)cc3C)C(=O)N(c3cc(C)cc(C)c3)C2=O)c1. The fourth-order valence-corrected chi connectivity index (χ4v) is 4.28. The third-order valence-electron chi connectivity index (χ3n) is 5.61. The predicted molar refractivity (Wildman–Crippen MR) is 132 cm³/mol. The topological polar surface area (TPSA) is 58.6 Å². The molecule has 0 unspecified atom stereocenters. The lowest BCUT2D eigenvalue weighted by atomic mass is 9.97. The van der Waals surface area contributed by atoms with Crippen molar-refractivity contribution in [3.05, 3.63) is 94.2 Å². The van der Waals surface area contributed by atoms with Crippen LogP contribution in [0.15, 0.2) is 66.4 Å². The van der Waals surface area contributed by atoms with Gasteiger partial charge in [0, 0.05) is 11.8 Å². The second-order valence-electron chi connectivity index (χ2n) is 8.45. The Morgan fingerprint density at radius 3 is 2.21 bits per heavy atom. The van der Waals surface area contributed by atoms with Crippen molar-refractivity contribution in [2.24, 2.45) is 0 Å². The molecule has 5 heteroatoms. The Balaban J connectivity index is 1.85. The van der Waals surface area contributed by atoms with Crippen LogP contribution in [0.5, 0.6) is 5.75 Å². The van der Waals surface area contributed by atoms with Crippen LogP contribution >= 0.6 is 0 Å². The first-order valence-electron chi connectivity index (χ1n) is 11.1. The molecule has 1 aliphatic heterocycles. The molecule has 1 aliphatic rings. The molecule has 2 amide bonds. The van der Waals surface area contributed by atoms with Gasteiger partial charge in [0.25, 0.3) is 11.8 Å². The lowest BCUT2D eigenvalue weighted by molar-refractivity contribution is -0.120. The molecule has 168 valence electrons. The molecule has 5 nitrogen and oxygen atoms in total. The first-order chi connectivity index (χ1) is 15.8. The summed E-state index contributed by atoms with van der Waals surface area (Å²) in [5.74, 6) is -0.0127. The van der Waals surface area contributed by atoms with Gasteiger partial charge < -0.3 is 10.1 Å². The number of carbonyl (C=O) groups is 2. The van der Waals surface area contributed by atoms with Crippen molar-refractivity contribution in [2.45, 2.75) is 34.6 Å². The standard InChI is InChI=1S/C28H28N2O3/c1-6-33-23-9-7-8-21(16-23)29-26-25(24-11-10-17(2)13-20(24)5)27(31)30(28(26)32)22-14-18(3)12-19(4)15-22/h7-16,29H,6H2,1-5H3. The van der Waals surface area contributed by atoms with Gasteiger partial charge in [-0.15, -0.1) is 0 Å². The zero-order valence-corrected chi connectivity index (χ0v) is 19.7. The Morgan fingerprint density at radius 2 is 1.55 bits per heavy atom. The Labute approximate surface area is 194 Å². The Bertz CT molecular complexity index is 1270. The van der Waals surface area contributed by atoms with E-state index < -0.39 is 0 Å². The molecular formula is C28H28N2O3. The number of ether oxygens (including phenoxy) is 1. The number of imide groups is 1. The average Bonchev–Trinajstić information content (AvgIpc) is 2.98. The van der Waals surface area contributed by atoms with Crippen LogP contribution in [0.2, 0.25) is 0 Å². The molecule has 0 atom stereocenters. The maximum absolute atomic E-state index is 13.7. The highest BCUT2D eigenvalue weighted by atomic mass is 16.5. The van der Waals surface area contributed by atoms with Crippen LogP contribution < -0.4 is 15.0 Å². The fourth-order valence-electron chi connectivity index (χ4n) is 4.28. The van der Waals surface area contributed by atoms with Crippen molar-refractivity contribution in [3.63, 3.8) is 0 Å². The number of nitrogens with zero attached hydrogens (tertiary/aromatic N) is 1. The molecule has 0 bridgehead atoms. The summed E-state index contributed by atoms with van der Waals surface area (Å²) < 4.78 is 5.60. The van der Waals surface area contributed by atoms with Crippen molar-refractivity contribution < 1.29 is 14.3 Å². The van der Waals surface area contributed by atoms with Gasteiger partial charge in [-0.2, -0.15) is 0 Å². The van der Waals surface area contributed by atoms with Crippen LogP contribution in [0, 0.1) is 27.7 Å². The minimum atomic E-state index is -0.373. The average molecular weight is 441 g/mol. The summed E-state index contributed by atoms with van der Waals surface area (Å²) in [4.78, 5) is 28.7. The van der Waals surface area contributed by atoms with Crippen LogP contribution in [-0.2, 0) is 9.59 Å². The first kappa shape index (κ1) is 22.3. The van der Waals surface area contributed by atoms with Crippen LogP contribution in [0.25, 0.3) is 5.57 Å². The second kappa shape index (κ2) is 8.94. The summed E-state index contributed by atoms with van der Waals surface area (Å²) in [6, 6.07) is 19.0. The molecule has 4 rings (SSSR count). The summed E-state index contributed by atoms with van der Waals surface area (Å²) in [7, 11) is 0. The van der Waals surface area contributed by atoms with E-state index in [4.69, 9.17) is 4.74 Å². The number of hydrogen-bond acceptors (Lipinski definition) is 4. The summed E-state index contributed by atoms with van der Waals surface area (Å²) in [5, 5.41) is 3.23. The Morgan fingerprint density at radius 1 is 0.818 bits per heavy atom. The number of anilines is 2. The fraction of sp³-hybridized carbons (Fsp3) is 0.214.